The van der Waals surface area contributed by atoms with Crippen molar-refractivity contribution in [3.8, 4) is 0 Å². The van der Waals surface area contributed by atoms with Gasteiger partial charge in [-0.25, -0.2) is 4.39 Å². The molecule has 2 N–H and O–H groups in total. The third-order valence-corrected chi connectivity index (χ3v) is 2.77. The number of hydrogen-bond acceptors (Lipinski definition) is 3. The van der Waals surface area contributed by atoms with Crippen LogP contribution < -0.4 is 5.73 Å². The number of nitrogens with zero attached hydrogens (tertiary/aromatic N) is 2. The second-order valence-corrected chi connectivity index (χ2v) is 4.25. The molecule has 0 aliphatic heterocycles. The van der Waals surface area contributed by atoms with Gasteiger partial charge in [-0.05, 0) is 37.6 Å². The molecule has 3 nitrogen and oxygen atoms in total. The van der Waals surface area contributed by atoms with Crippen molar-refractivity contribution < 1.29 is 4.39 Å². The molecule has 2 aromatic heterocycles. The highest BCUT2D eigenvalue weighted by molar-refractivity contribution is 5.31. The summed E-state index contributed by atoms with van der Waals surface area (Å²) in [5.74, 6) is -0.369. The van der Waals surface area contributed by atoms with Crippen molar-refractivity contribution in [2.45, 2.75) is 19.4 Å². The fourth-order valence-electron chi connectivity index (χ4n) is 1.61. The summed E-state index contributed by atoms with van der Waals surface area (Å²) in [5.41, 5.74) is 7.86. The van der Waals surface area contributed by atoms with E-state index in [-0.39, 0.29) is 5.82 Å². The average Bonchev–Trinajstić information content (AvgIpc) is 2.30. The second-order valence-electron chi connectivity index (χ2n) is 4.25. The molecule has 0 saturated heterocycles. The Morgan fingerprint density at radius 1 is 1.12 bits per heavy atom. The topological polar surface area (TPSA) is 51.8 Å². The summed E-state index contributed by atoms with van der Waals surface area (Å²) in [6.45, 7) is 3.74. The second kappa shape index (κ2) is 4.22. The highest BCUT2D eigenvalue weighted by Crippen LogP contribution is 2.24. The zero-order valence-electron chi connectivity index (χ0n) is 9.81. The maximum Gasteiger partial charge on any atom is 0.141 e. The van der Waals surface area contributed by atoms with Gasteiger partial charge in [-0.3, -0.25) is 9.97 Å². The van der Waals surface area contributed by atoms with Gasteiger partial charge in [0.25, 0.3) is 0 Å². The van der Waals surface area contributed by atoms with Crippen LogP contribution in [0.4, 0.5) is 4.39 Å². The standard InChI is InChI=1S/C13H14FN3/c1-9-3-4-10(7-16-9)13(2,15)12-6-5-11(14)8-17-12/h3-8H,15H2,1-2H3. The third-order valence-electron chi connectivity index (χ3n) is 2.77. The summed E-state index contributed by atoms with van der Waals surface area (Å²) in [7, 11) is 0. The van der Waals surface area contributed by atoms with Gasteiger partial charge in [0, 0.05) is 11.9 Å². The van der Waals surface area contributed by atoms with Gasteiger partial charge < -0.3 is 5.73 Å². The highest BCUT2D eigenvalue weighted by atomic mass is 19.1. The summed E-state index contributed by atoms with van der Waals surface area (Å²) >= 11 is 0. The van der Waals surface area contributed by atoms with Crippen LogP contribution in [0.1, 0.15) is 23.9 Å². The fraction of sp³-hybridized carbons (Fsp3) is 0.231. The fourth-order valence-corrected chi connectivity index (χ4v) is 1.61. The van der Waals surface area contributed by atoms with Crippen molar-refractivity contribution in [2.75, 3.05) is 0 Å². The molecular formula is C13H14FN3. The number of aryl methyl sites for hydroxylation is 1. The SMILES string of the molecule is Cc1ccc(C(C)(N)c2ccc(F)cn2)cn1. The van der Waals surface area contributed by atoms with Gasteiger partial charge in [0.05, 0.1) is 17.4 Å². The molecule has 0 aliphatic carbocycles. The lowest BCUT2D eigenvalue weighted by Crippen LogP contribution is -2.35. The van der Waals surface area contributed by atoms with E-state index < -0.39 is 5.54 Å². The minimum atomic E-state index is -0.769. The zero-order chi connectivity index (χ0) is 12.5. The van der Waals surface area contributed by atoms with Gasteiger partial charge in [0.1, 0.15) is 5.82 Å². The van der Waals surface area contributed by atoms with Crippen LogP contribution in [0, 0.1) is 12.7 Å². The number of halogens is 1. The first kappa shape index (κ1) is 11.7. The predicted octanol–water partition coefficient (Wildman–Crippen LogP) is 2.15. The van der Waals surface area contributed by atoms with E-state index in [4.69, 9.17) is 5.73 Å². The Hall–Kier alpha value is -1.81. The largest absolute Gasteiger partial charge is 0.317 e. The van der Waals surface area contributed by atoms with Crippen molar-refractivity contribution in [1.29, 1.82) is 0 Å². The third kappa shape index (κ3) is 2.31. The zero-order valence-corrected chi connectivity index (χ0v) is 9.81. The van der Waals surface area contributed by atoms with Crippen molar-refractivity contribution in [1.82, 2.24) is 9.97 Å². The van der Waals surface area contributed by atoms with E-state index in [2.05, 4.69) is 9.97 Å². The first-order chi connectivity index (χ1) is 8.00. The first-order valence-electron chi connectivity index (χ1n) is 5.34. The molecule has 0 aliphatic rings. The van der Waals surface area contributed by atoms with Gasteiger partial charge in [0.2, 0.25) is 0 Å². The van der Waals surface area contributed by atoms with Crippen LogP contribution in [0.25, 0.3) is 0 Å². The molecule has 4 heteroatoms. The molecule has 1 atom stereocenters. The van der Waals surface area contributed by atoms with Crippen LogP contribution >= 0.6 is 0 Å². The van der Waals surface area contributed by atoms with Crippen molar-refractivity contribution in [2.24, 2.45) is 5.73 Å². The molecule has 1 unspecified atom stereocenters. The van der Waals surface area contributed by atoms with E-state index in [0.717, 1.165) is 11.3 Å². The Balaban J connectivity index is 2.41. The molecule has 2 aromatic rings. The number of pyridine rings is 2. The highest BCUT2D eigenvalue weighted by Gasteiger charge is 2.25. The van der Waals surface area contributed by atoms with Crippen molar-refractivity contribution >= 4 is 0 Å². The van der Waals surface area contributed by atoms with Crippen LogP contribution in [-0.2, 0) is 5.54 Å². The molecule has 0 spiro atoms. The Bertz CT molecular complexity index is 456. The Labute approximate surface area is 99.5 Å². The van der Waals surface area contributed by atoms with Crippen LogP contribution in [0.5, 0.6) is 0 Å². The maximum atomic E-state index is 12.8. The van der Waals surface area contributed by atoms with E-state index >= 15 is 0 Å². The van der Waals surface area contributed by atoms with E-state index in [1.54, 1.807) is 12.3 Å². The predicted molar refractivity (Wildman–Crippen MR) is 63.8 cm³/mol. The van der Waals surface area contributed by atoms with Gasteiger partial charge in [0.15, 0.2) is 0 Å². The molecular weight excluding hydrogens is 217 g/mol. The van der Waals surface area contributed by atoms with E-state index in [0.29, 0.717) is 5.69 Å². The summed E-state index contributed by atoms with van der Waals surface area (Å²) in [6, 6.07) is 6.75. The van der Waals surface area contributed by atoms with Crippen molar-refractivity contribution in [3.63, 3.8) is 0 Å². The molecule has 0 bridgehead atoms. The van der Waals surface area contributed by atoms with E-state index in [9.17, 15) is 4.39 Å². The van der Waals surface area contributed by atoms with Crippen LogP contribution in [0.2, 0.25) is 0 Å². The van der Waals surface area contributed by atoms with E-state index in [1.807, 2.05) is 26.0 Å². The Kier molecular flexibility index (Phi) is 2.90. The molecule has 0 fully saturated rings. The molecule has 88 valence electrons. The molecule has 0 radical (unpaired) electrons. The lowest BCUT2D eigenvalue weighted by atomic mass is 9.90. The van der Waals surface area contributed by atoms with Crippen LogP contribution in [0.3, 0.4) is 0 Å². The lowest BCUT2D eigenvalue weighted by molar-refractivity contribution is 0.565. The monoisotopic (exact) mass is 231 g/mol. The maximum absolute atomic E-state index is 12.8. The van der Waals surface area contributed by atoms with Crippen molar-refractivity contribution in [3.05, 3.63) is 59.4 Å². The van der Waals surface area contributed by atoms with Gasteiger partial charge in [-0.15, -0.1) is 0 Å². The molecule has 0 amide bonds. The van der Waals surface area contributed by atoms with E-state index in [1.165, 1.54) is 12.3 Å². The van der Waals surface area contributed by atoms with Gasteiger partial charge >= 0.3 is 0 Å². The average molecular weight is 231 g/mol. The lowest BCUT2D eigenvalue weighted by Gasteiger charge is -2.24. The number of rotatable bonds is 2. The molecule has 2 rings (SSSR count). The molecule has 0 saturated carbocycles. The van der Waals surface area contributed by atoms with Crippen LogP contribution in [-0.4, -0.2) is 9.97 Å². The molecule has 17 heavy (non-hydrogen) atoms. The number of nitrogens with two attached hydrogens (primary N) is 1. The smallest absolute Gasteiger partial charge is 0.141 e. The Morgan fingerprint density at radius 3 is 2.41 bits per heavy atom. The first-order valence-corrected chi connectivity index (χ1v) is 5.34. The van der Waals surface area contributed by atoms with Gasteiger partial charge in [-0.2, -0.15) is 0 Å². The summed E-state index contributed by atoms with van der Waals surface area (Å²) < 4.78 is 12.8. The summed E-state index contributed by atoms with van der Waals surface area (Å²) in [5, 5.41) is 0. The van der Waals surface area contributed by atoms with Crippen LogP contribution in [0.15, 0.2) is 36.7 Å². The van der Waals surface area contributed by atoms with Gasteiger partial charge in [-0.1, -0.05) is 6.07 Å². The minimum absolute atomic E-state index is 0.369. The summed E-state index contributed by atoms with van der Waals surface area (Å²) in [6.07, 6.45) is 2.89. The Morgan fingerprint density at radius 2 is 1.88 bits per heavy atom. The number of aromatic nitrogens is 2. The molecule has 0 aromatic carbocycles. The normalized spacial score (nSPS) is 14.4. The number of hydrogen-bond donors (Lipinski definition) is 1. The minimum Gasteiger partial charge on any atom is -0.317 e. The molecule has 2 heterocycles. The summed E-state index contributed by atoms with van der Waals surface area (Å²) in [4.78, 5) is 8.23. The quantitative estimate of drug-likeness (QED) is 0.861.